The van der Waals surface area contributed by atoms with Gasteiger partial charge in [0.05, 0.1) is 11.9 Å². The summed E-state index contributed by atoms with van der Waals surface area (Å²) in [5, 5.41) is 3.05. The number of carbonyl (C=O) groups is 1. The summed E-state index contributed by atoms with van der Waals surface area (Å²) in [5.74, 6) is -1.16. The molecular formula is C14H12ClFN2O3S. The maximum absolute atomic E-state index is 13.6. The van der Waals surface area contributed by atoms with Crippen molar-refractivity contribution in [3.05, 3.63) is 58.9 Å². The second kappa shape index (κ2) is 6.33. The van der Waals surface area contributed by atoms with Crippen LogP contribution >= 0.6 is 11.6 Å². The number of hydrogen-bond donors (Lipinski definition) is 2. The van der Waals surface area contributed by atoms with E-state index in [0.717, 1.165) is 12.3 Å². The van der Waals surface area contributed by atoms with Gasteiger partial charge in [-0.05, 0) is 42.5 Å². The Morgan fingerprint density at radius 2 is 1.77 bits per heavy atom. The summed E-state index contributed by atoms with van der Waals surface area (Å²) < 4.78 is 37.9. The van der Waals surface area contributed by atoms with Crippen molar-refractivity contribution in [2.75, 3.05) is 16.3 Å². The van der Waals surface area contributed by atoms with Gasteiger partial charge in [-0.3, -0.25) is 9.52 Å². The van der Waals surface area contributed by atoms with Crippen LogP contribution in [0.1, 0.15) is 10.4 Å². The summed E-state index contributed by atoms with van der Waals surface area (Å²) in [6, 6.07) is 9.80. The molecular weight excluding hydrogens is 331 g/mol. The highest BCUT2D eigenvalue weighted by molar-refractivity contribution is 7.92. The van der Waals surface area contributed by atoms with Gasteiger partial charge in [0.2, 0.25) is 10.0 Å². The Morgan fingerprint density at radius 3 is 2.36 bits per heavy atom. The molecule has 8 heteroatoms. The molecule has 0 aliphatic heterocycles. The quantitative estimate of drug-likeness (QED) is 0.896. The second-order valence-corrected chi connectivity index (χ2v) is 6.71. The van der Waals surface area contributed by atoms with E-state index in [1.165, 1.54) is 24.3 Å². The number of nitrogens with one attached hydrogen (secondary N) is 2. The average Bonchev–Trinajstić information content (AvgIpc) is 2.41. The molecule has 1 amide bonds. The van der Waals surface area contributed by atoms with Crippen LogP contribution in [-0.4, -0.2) is 20.6 Å². The first-order valence-corrected chi connectivity index (χ1v) is 8.36. The highest BCUT2D eigenvalue weighted by atomic mass is 35.5. The van der Waals surface area contributed by atoms with Crippen molar-refractivity contribution in [1.29, 1.82) is 0 Å². The number of sulfonamides is 1. The molecule has 0 aromatic heterocycles. The summed E-state index contributed by atoms with van der Waals surface area (Å²) >= 11 is 5.74. The zero-order chi connectivity index (χ0) is 16.3. The normalized spacial score (nSPS) is 11.0. The Labute approximate surface area is 132 Å². The van der Waals surface area contributed by atoms with Crippen LogP contribution in [0.15, 0.2) is 42.5 Å². The largest absolute Gasteiger partial charge is 0.322 e. The van der Waals surface area contributed by atoms with Gasteiger partial charge in [0.15, 0.2) is 0 Å². The lowest BCUT2D eigenvalue weighted by atomic mass is 10.2. The van der Waals surface area contributed by atoms with Gasteiger partial charge in [-0.1, -0.05) is 11.6 Å². The Hall–Kier alpha value is -2.12. The number of amides is 1. The molecule has 2 aromatic rings. The van der Waals surface area contributed by atoms with Crippen molar-refractivity contribution in [2.24, 2.45) is 0 Å². The molecule has 0 spiro atoms. The van der Waals surface area contributed by atoms with Gasteiger partial charge in [0.25, 0.3) is 5.91 Å². The summed E-state index contributed by atoms with van der Waals surface area (Å²) in [4.78, 5) is 12.0. The summed E-state index contributed by atoms with van der Waals surface area (Å²) in [7, 11) is -3.62. The molecule has 5 nitrogen and oxygen atoms in total. The van der Waals surface area contributed by atoms with E-state index in [-0.39, 0.29) is 11.4 Å². The van der Waals surface area contributed by atoms with E-state index in [0.29, 0.717) is 10.6 Å². The number of hydrogen-bond acceptors (Lipinski definition) is 3. The molecule has 0 atom stereocenters. The molecule has 2 rings (SSSR count). The lowest BCUT2D eigenvalue weighted by Gasteiger charge is -2.09. The number of halogens is 2. The average molecular weight is 343 g/mol. The Morgan fingerprint density at radius 1 is 1.14 bits per heavy atom. The molecule has 0 saturated carbocycles. The van der Waals surface area contributed by atoms with Gasteiger partial charge in [-0.25, -0.2) is 12.8 Å². The number of carbonyl (C=O) groups excluding carboxylic acids is 1. The van der Waals surface area contributed by atoms with Crippen molar-refractivity contribution in [3.63, 3.8) is 0 Å². The van der Waals surface area contributed by atoms with Gasteiger partial charge < -0.3 is 5.32 Å². The number of benzene rings is 2. The molecule has 2 N–H and O–H groups in total. The fourth-order valence-electron chi connectivity index (χ4n) is 1.69. The molecule has 0 aliphatic rings. The van der Waals surface area contributed by atoms with E-state index in [9.17, 15) is 17.6 Å². The molecule has 0 bridgehead atoms. The first-order valence-electron chi connectivity index (χ1n) is 6.09. The van der Waals surface area contributed by atoms with Gasteiger partial charge >= 0.3 is 0 Å². The highest BCUT2D eigenvalue weighted by Crippen LogP contribution is 2.21. The highest BCUT2D eigenvalue weighted by Gasteiger charge is 2.11. The summed E-state index contributed by atoms with van der Waals surface area (Å²) in [6.45, 7) is 0. The van der Waals surface area contributed by atoms with Crippen molar-refractivity contribution in [3.8, 4) is 0 Å². The van der Waals surface area contributed by atoms with Crippen LogP contribution in [-0.2, 0) is 10.0 Å². The molecule has 22 heavy (non-hydrogen) atoms. The topological polar surface area (TPSA) is 75.3 Å². The lowest BCUT2D eigenvalue weighted by molar-refractivity contribution is 0.102. The smallest absolute Gasteiger partial charge is 0.255 e. The Balaban J connectivity index is 2.21. The zero-order valence-corrected chi connectivity index (χ0v) is 13.0. The monoisotopic (exact) mass is 342 g/mol. The maximum Gasteiger partial charge on any atom is 0.255 e. The van der Waals surface area contributed by atoms with E-state index >= 15 is 0 Å². The van der Waals surface area contributed by atoms with Crippen LogP contribution in [0.3, 0.4) is 0 Å². The van der Waals surface area contributed by atoms with Crippen molar-refractivity contribution < 1.29 is 17.6 Å². The van der Waals surface area contributed by atoms with Gasteiger partial charge in [-0.2, -0.15) is 0 Å². The van der Waals surface area contributed by atoms with Crippen LogP contribution in [0, 0.1) is 5.82 Å². The minimum atomic E-state index is -3.62. The van der Waals surface area contributed by atoms with E-state index in [1.807, 2.05) is 4.72 Å². The van der Waals surface area contributed by atoms with Crippen molar-refractivity contribution in [2.45, 2.75) is 0 Å². The predicted molar refractivity (Wildman–Crippen MR) is 84.3 cm³/mol. The maximum atomic E-state index is 13.6. The Kier molecular flexibility index (Phi) is 4.68. The minimum Gasteiger partial charge on any atom is -0.322 e. The van der Waals surface area contributed by atoms with Gasteiger partial charge in [0, 0.05) is 16.3 Å². The standard InChI is InChI=1S/C14H12ClFN2O3S/c1-22(20,21)18-13-8-11(6-7-12(13)16)17-14(19)9-2-4-10(15)5-3-9/h2-8,18H,1H3,(H,17,19). The first-order chi connectivity index (χ1) is 10.2. The molecule has 116 valence electrons. The molecule has 0 unspecified atom stereocenters. The lowest BCUT2D eigenvalue weighted by Crippen LogP contribution is -2.14. The van der Waals surface area contributed by atoms with E-state index in [2.05, 4.69) is 5.32 Å². The molecule has 0 radical (unpaired) electrons. The third kappa shape index (κ3) is 4.44. The van der Waals surface area contributed by atoms with Gasteiger partial charge in [-0.15, -0.1) is 0 Å². The fraction of sp³-hybridized carbons (Fsp3) is 0.0714. The van der Waals surface area contributed by atoms with Crippen LogP contribution in [0.2, 0.25) is 5.02 Å². The first kappa shape index (κ1) is 16.3. The van der Waals surface area contributed by atoms with E-state index < -0.39 is 21.7 Å². The minimum absolute atomic E-state index is 0.239. The predicted octanol–water partition coefficient (Wildman–Crippen LogP) is 3.10. The SMILES string of the molecule is CS(=O)(=O)Nc1cc(NC(=O)c2ccc(Cl)cc2)ccc1F. The van der Waals surface area contributed by atoms with E-state index in [1.54, 1.807) is 12.1 Å². The third-order valence-corrected chi connectivity index (χ3v) is 3.47. The van der Waals surface area contributed by atoms with Crippen LogP contribution < -0.4 is 10.0 Å². The number of rotatable bonds is 4. The number of anilines is 2. The molecule has 2 aromatic carbocycles. The van der Waals surface area contributed by atoms with E-state index in [4.69, 9.17) is 11.6 Å². The molecule has 0 saturated heterocycles. The third-order valence-electron chi connectivity index (χ3n) is 2.63. The second-order valence-electron chi connectivity index (χ2n) is 4.53. The fourth-order valence-corrected chi connectivity index (χ4v) is 2.37. The zero-order valence-electron chi connectivity index (χ0n) is 11.4. The summed E-state index contributed by atoms with van der Waals surface area (Å²) in [6.07, 6.45) is 0.908. The summed E-state index contributed by atoms with van der Waals surface area (Å²) in [5.41, 5.74) is 0.384. The Bertz CT molecular complexity index is 807. The molecule has 0 fully saturated rings. The molecule has 0 aliphatic carbocycles. The van der Waals surface area contributed by atoms with Gasteiger partial charge in [0.1, 0.15) is 5.82 Å². The van der Waals surface area contributed by atoms with Crippen LogP contribution in [0.5, 0.6) is 0 Å². The van der Waals surface area contributed by atoms with Crippen LogP contribution in [0.4, 0.5) is 15.8 Å². The molecule has 0 heterocycles. The van der Waals surface area contributed by atoms with Crippen molar-refractivity contribution in [1.82, 2.24) is 0 Å². The van der Waals surface area contributed by atoms with Crippen molar-refractivity contribution >= 4 is 38.9 Å². The van der Waals surface area contributed by atoms with Crippen LogP contribution in [0.25, 0.3) is 0 Å².